The van der Waals surface area contributed by atoms with Gasteiger partial charge in [-0.25, -0.2) is 4.98 Å². The molecule has 0 radical (unpaired) electrons. The van der Waals surface area contributed by atoms with Gasteiger partial charge in [0.2, 0.25) is 0 Å². The molecular formula is C15H21N3O. The molecule has 1 aromatic carbocycles. The van der Waals surface area contributed by atoms with Crippen LogP contribution in [0, 0.1) is 20.8 Å². The average Bonchev–Trinajstić information content (AvgIpc) is 2.76. The maximum Gasteiger partial charge on any atom is 0.146 e. The van der Waals surface area contributed by atoms with Crippen molar-refractivity contribution in [2.45, 2.75) is 33.8 Å². The molecule has 2 rings (SSSR count). The van der Waals surface area contributed by atoms with Gasteiger partial charge in [0.25, 0.3) is 0 Å². The minimum atomic E-state index is 0.454. The molecule has 0 fully saturated rings. The molecule has 4 heteroatoms. The number of hydrogen-bond acceptors (Lipinski definition) is 3. The molecule has 0 bridgehead atoms. The molecule has 0 saturated heterocycles. The van der Waals surface area contributed by atoms with Crippen LogP contribution in [0.2, 0.25) is 0 Å². The van der Waals surface area contributed by atoms with Crippen LogP contribution < -0.4 is 10.5 Å². The van der Waals surface area contributed by atoms with Crippen molar-refractivity contribution in [3.63, 3.8) is 0 Å². The standard InChI is InChI=1S/C15H21N3O/c1-10-6-11(2)15(12(3)7-10)19-9-14-17-8-13(18-14)4-5-16/h6-8H,4-5,9,16H2,1-3H3,(H,17,18). The molecule has 1 aromatic heterocycles. The van der Waals surface area contributed by atoms with Crippen molar-refractivity contribution in [3.05, 3.63) is 46.5 Å². The van der Waals surface area contributed by atoms with Crippen LogP contribution in [0.15, 0.2) is 18.3 Å². The predicted molar refractivity (Wildman–Crippen MR) is 76.3 cm³/mol. The number of H-pyrrole nitrogens is 1. The molecule has 3 N–H and O–H groups in total. The Morgan fingerprint density at radius 2 is 1.89 bits per heavy atom. The number of ether oxygens (including phenoxy) is 1. The number of aryl methyl sites for hydroxylation is 3. The topological polar surface area (TPSA) is 63.9 Å². The fourth-order valence-corrected chi connectivity index (χ4v) is 2.30. The molecule has 0 amide bonds. The highest BCUT2D eigenvalue weighted by Crippen LogP contribution is 2.25. The van der Waals surface area contributed by atoms with Crippen molar-refractivity contribution < 1.29 is 4.74 Å². The minimum Gasteiger partial charge on any atom is -0.485 e. The van der Waals surface area contributed by atoms with Gasteiger partial charge >= 0.3 is 0 Å². The Kier molecular flexibility index (Phi) is 4.22. The number of hydrogen-bond donors (Lipinski definition) is 2. The first-order chi connectivity index (χ1) is 9.10. The van der Waals surface area contributed by atoms with Gasteiger partial charge in [0.05, 0.1) is 0 Å². The van der Waals surface area contributed by atoms with E-state index in [1.54, 1.807) is 0 Å². The average molecular weight is 259 g/mol. The van der Waals surface area contributed by atoms with Crippen LogP contribution in [0.5, 0.6) is 5.75 Å². The van der Waals surface area contributed by atoms with E-state index in [9.17, 15) is 0 Å². The Morgan fingerprint density at radius 3 is 2.53 bits per heavy atom. The third-order valence-corrected chi connectivity index (χ3v) is 3.05. The van der Waals surface area contributed by atoms with E-state index in [4.69, 9.17) is 10.5 Å². The first-order valence-corrected chi connectivity index (χ1v) is 6.53. The van der Waals surface area contributed by atoms with E-state index in [-0.39, 0.29) is 0 Å². The molecule has 0 unspecified atom stereocenters. The fraction of sp³-hybridized carbons (Fsp3) is 0.400. The number of nitrogens with zero attached hydrogens (tertiary/aromatic N) is 1. The molecule has 0 saturated carbocycles. The smallest absolute Gasteiger partial charge is 0.146 e. The number of nitrogens with one attached hydrogen (secondary N) is 1. The van der Waals surface area contributed by atoms with E-state index in [0.29, 0.717) is 13.2 Å². The SMILES string of the molecule is Cc1cc(C)c(OCc2ncc(CCN)[nH]2)c(C)c1. The lowest BCUT2D eigenvalue weighted by molar-refractivity contribution is 0.293. The van der Waals surface area contributed by atoms with E-state index >= 15 is 0 Å². The Balaban J connectivity index is 2.05. The highest BCUT2D eigenvalue weighted by Gasteiger charge is 2.07. The summed E-state index contributed by atoms with van der Waals surface area (Å²) >= 11 is 0. The number of imidazole rings is 1. The summed E-state index contributed by atoms with van der Waals surface area (Å²) in [4.78, 5) is 7.51. The molecule has 0 aliphatic rings. The highest BCUT2D eigenvalue weighted by molar-refractivity contribution is 5.42. The van der Waals surface area contributed by atoms with E-state index < -0.39 is 0 Å². The zero-order valence-corrected chi connectivity index (χ0v) is 11.8. The maximum absolute atomic E-state index is 5.88. The summed E-state index contributed by atoms with van der Waals surface area (Å²) in [6.45, 7) is 7.30. The molecule has 2 aromatic rings. The molecule has 102 valence electrons. The van der Waals surface area contributed by atoms with E-state index in [2.05, 4.69) is 42.9 Å². The van der Waals surface area contributed by atoms with Gasteiger partial charge in [0, 0.05) is 18.3 Å². The summed E-state index contributed by atoms with van der Waals surface area (Å²) < 4.78 is 5.88. The Hall–Kier alpha value is -1.81. The monoisotopic (exact) mass is 259 g/mol. The van der Waals surface area contributed by atoms with Crippen molar-refractivity contribution in [2.24, 2.45) is 5.73 Å². The van der Waals surface area contributed by atoms with Crippen molar-refractivity contribution >= 4 is 0 Å². The zero-order valence-electron chi connectivity index (χ0n) is 11.8. The molecule has 0 aliphatic heterocycles. The number of benzene rings is 1. The van der Waals surface area contributed by atoms with Crippen LogP contribution in [-0.4, -0.2) is 16.5 Å². The van der Waals surface area contributed by atoms with Crippen LogP contribution in [-0.2, 0) is 13.0 Å². The van der Waals surface area contributed by atoms with E-state index in [1.807, 2.05) is 6.20 Å². The Bertz CT molecular complexity index is 537. The van der Waals surface area contributed by atoms with Crippen LogP contribution in [0.1, 0.15) is 28.2 Å². The molecule has 19 heavy (non-hydrogen) atoms. The first-order valence-electron chi connectivity index (χ1n) is 6.53. The summed E-state index contributed by atoms with van der Waals surface area (Å²) in [6, 6.07) is 4.26. The van der Waals surface area contributed by atoms with Crippen molar-refractivity contribution in [1.29, 1.82) is 0 Å². The first kappa shape index (κ1) is 13.6. The molecule has 0 spiro atoms. The quantitative estimate of drug-likeness (QED) is 0.866. The van der Waals surface area contributed by atoms with Gasteiger partial charge in [-0.3, -0.25) is 0 Å². The molecule has 4 nitrogen and oxygen atoms in total. The summed E-state index contributed by atoms with van der Waals surface area (Å²) in [5.41, 5.74) is 10.1. The second-order valence-electron chi connectivity index (χ2n) is 4.91. The summed E-state index contributed by atoms with van der Waals surface area (Å²) in [6.07, 6.45) is 2.63. The highest BCUT2D eigenvalue weighted by atomic mass is 16.5. The summed E-state index contributed by atoms with van der Waals surface area (Å²) in [5, 5.41) is 0. The zero-order chi connectivity index (χ0) is 13.8. The van der Waals surface area contributed by atoms with Crippen LogP contribution in [0.3, 0.4) is 0 Å². The lowest BCUT2D eigenvalue weighted by atomic mass is 10.1. The van der Waals surface area contributed by atoms with Gasteiger partial charge in [0.15, 0.2) is 0 Å². The molecule has 0 aliphatic carbocycles. The number of rotatable bonds is 5. The van der Waals surface area contributed by atoms with Crippen LogP contribution in [0.4, 0.5) is 0 Å². The van der Waals surface area contributed by atoms with Crippen molar-refractivity contribution in [1.82, 2.24) is 9.97 Å². The lowest BCUT2D eigenvalue weighted by Crippen LogP contribution is -2.04. The summed E-state index contributed by atoms with van der Waals surface area (Å²) in [7, 11) is 0. The second-order valence-corrected chi connectivity index (χ2v) is 4.91. The van der Waals surface area contributed by atoms with E-state index in [1.165, 1.54) is 5.56 Å². The third kappa shape index (κ3) is 3.35. The van der Waals surface area contributed by atoms with Gasteiger partial charge in [-0.2, -0.15) is 0 Å². The molecule has 0 atom stereocenters. The Morgan fingerprint density at radius 1 is 1.21 bits per heavy atom. The fourth-order valence-electron chi connectivity index (χ4n) is 2.30. The number of aromatic nitrogens is 2. The van der Waals surface area contributed by atoms with E-state index in [0.717, 1.165) is 34.8 Å². The van der Waals surface area contributed by atoms with Gasteiger partial charge < -0.3 is 15.5 Å². The van der Waals surface area contributed by atoms with Crippen LogP contribution >= 0.6 is 0 Å². The van der Waals surface area contributed by atoms with Gasteiger partial charge in [-0.15, -0.1) is 0 Å². The van der Waals surface area contributed by atoms with Gasteiger partial charge in [0.1, 0.15) is 18.2 Å². The Labute approximate surface area is 114 Å². The van der Waals surface area contributed by atoms with Gasteiger partial charge in [-0.1, -0.05) is 17.7 Å². The molecule has 1 heterocycles. The third-order valence-electron chi connectivity index (χ3n) is 3.05. The van der Waals surface area contributed by atoms with Crippen molar-refractivity contribution in [3.8, 4) is 5.75 Å². The second kappa shape index (κ2) is 5.89. The molecular weight excluding hydrogens is 238 g/mol. The van der Waals surface area contributed by atoms with Crippen molar-refractivity contribution in [2.75, 3.05) is 6.54 Å². The minimum absolute atomic E-state index is 0.454. The lowest BCUT2D eigenvalue weighted by Gasteiger charge is -2.12. The number of aromatic amines is 1. The largest absolute Gasteiger partial charge is 0.485 e. The maximum atomic E-state index is 5.88. The van der Waals surface area contributed by atoms with Gasteiger partial charge in [-0.05, 0) is 38.4 Å². The summed E-state index contributed by atoms with van der Waals surface area (Å²) in [5.74, 6) is 1.78. The predicted octanol–water partition coefficient (Wildman–Crippen LogP) is 2.42. The van der Waals surface area contributed by atoms with Crippen LogP contribution in [0.25, 0.3) is 0 Å². The normalized spacial score (nSPS) is 10.7. The number of nitrogens with two attached hydrogens (primary N) is 1.